The number of carbonyl (C=O) groups excluding carboxylic acids is 1. The van der Waals surface area contributed by atoms with E-state index in [1.54, 1.807) is 0 Å². The van der Waals surface area contributed by atoms with Gasteiger partial charge in [-0.1, -0.05) is 27.7 Å². The van der Waals surface area contributed by atoms with E-state index in [2.05, 4.69) is 27.7 Å². The molecule has 0 unspecified atom stereocenters. The third-order valence-corrected chi connectivity index (χ3v) is 4.40. The summed E-state index contributed by atoms with van der Waals surface area (Å²) in [5.74, 6) is 0.642. The quantitative estimate of drug-likeness (QED) is 0.754. The zero-order valence-corrected chi connectivity index (χ0v) is 13.6. The Kier molecular flexibility index (Phi) is 4.99. The van der Waals surface area contributed by atoms with Gasteiger partial charge in [-0.05, 0) is 29.9 Å². The number of rotatable bonds is 5. The minimum absolute atomic E-state index is 0.232. The van der Waals surface area contributed by atoms with Crippen LogP contribution < -0.4 is 0 Å². The van der Waals surface area contributed by atoms with Crippen LogP contribution in [0.4, 0.5) is 0 Å². The van der Waals surface area contributed by atoms with Gasteiger partial charge in [0.15, 0.2) is 12.1 Å². The summed E-state index contributed by atoms with van der Waals surface area (Å²) in [6.07, 6.45) is 1.41. The molecular weight excluding hydrogens is 272 g/mol. The molecule has 1 aromatic rings. The monoisotopic (exact) mass is 296 g/mol. The van der Waals surface area contributed by atoms with Gasteiger partial charge in [0.1, 0.15) is 0 Å². The molecule has 20 heavy (non-hydrogen) atoms. The molecule has 1 saturated heterocycles. The van der Waals surface area contributed by atoms with Gasteiger partial charge in [-0.2, -0.15) is 0 Å². The summed E-state index contributed by atoms with van der Waals surface area (Å²) < 4.78 is 10.9. The molecule has 0 N–H and O–H groups in total. The van der Waals surface area contributed by atoms with Gasteiger partial charge in [0.05, 0.1) is 23.0 Å². The molecule has 0 aromatic carbocycles. The maximum atomic E-state index is 12.3. The van der Waals surface area contributed by atoms with Gasteiger partial charge in [0.25, 0.3) is 0 Å². The molecule has 1 aromatic heterocycles. The average Bonchev–Trinajstić information content (AvgIpc) is 2.97. The second kappa shape index (κ2) is 6.37. The van der Waals surface area contributed by atoms with Crippen LogP contribution in [0.2, 0.25) is 0 Å². The number of ether oxygens (including phenoxy) is 2. The summed E-state index contributed by atoms with van der Waals surface area (Å²) in [4.78, 5) is 14.1. The lowest BCUT2D eigenvalue weighted by Gasteiger charge is -2.22. The zero-order valence-electron chi connectivity index (χ0n) is 12.8. The summed E-state index contributed by atoms with van der Waals surface area (Å²) in [5.41, 5.74) is 0.270. The lowest BCUT2D eigenvalue weighted by molar-refractivity contribution is -0.0413. The van der Waals surface area contributed by atoms with E-state index < -0.39 is 0 Å². The van der Waals surface area contributed by atoms with E-state index in [0.717, 1.165) is 16.2 Å². The van der Waals surface area contributed by atoms with Crippen LogP contribution >= 0.6 is 11.3 Å². The van der Waals surface area contributed by atoms with E-state index in [1.807, 2.05) is 12.1 Å². The topological polar surface area (TPSA) is 35.5 Å². The first-order valence-electron chi connectivity index (χ1n) is 7.21. The molecule has 4 heteroatoms. The fraction of sp³-hybridized carbons (Fsp3) is 0.688. The minimum atomic E-state index is -0.270. The number of Topliss-reactive ketones (excluding diaryl/α,β-unsaturated/α-hetero) is 1. The number of thiophene rings is 1. The lowest BCUT2D eigenvalue weighted by atomic mass is 9.83. The van der Waals surface area contributed by atoms with Crippen molar-refractivity contribution >= 4 is 17.1 Å². The predicted molar refractivity (Wildman–Crippen MR) is 81.1 cm³/mol. The highest BCUT2D eigenvalue weighted by molar-refractivity contribution is 7.14. The Morgan fingerprint density at radius 2 is 2.00 bits per heavy atom. The summed E-state index contributed by atoms with van der Waals surface area (Å²) in [6.45, 7) is 10.1. The van der Waals surface area contributed by atoms with Crippen LogP contribution in [0.25, 0.3) is 0 Å². The summed E-state index contributed by atoms with van der Waals surface area (Å²) in [6, 6.07) is 3.85. The van der Waals surface area contributed by atoms with E-state index in [-0.39, 0.29) is 17.5 Å². The van der Waals surface area contributed by atoms with Crippen molar-refractivity contribution in [3.05, 3.63) is 21.9 Å². The second-order valence-corrected chi connectivity index (χ2v) is 7.89. The van der Waals surface area contributed by atoms with Crippen molar-refractivity contribution < 1.29 is 14.3 Å². The Hall–Kier alpha value is -0.710. The largest absolute Gasteiger partial charge is 0.345 e. The smallest absolute Gasteiger partial charge is 0.193 e. The highest BCUT2D eigenvalue weighted by atomic mass is 32.1. The van der Waals surface area contributed by atoms with Crippen molar-refractivity contribution in [2.24, 2.45) is 11.3 Å². The van der Waals surface area contributed by atoms with Crippen LogP contribution in [0.15, 0.2) is 12.1 Å². The van der Waals surface area contributed by atoms with Crippen molar-refractivity contribution in [1.82, 2.24) is 0 Å². The molecule has 1 fully saturated rings. The molecule has 0 saturated carbocycles. The zero-order chi connectivity index (χ0) is 14.8. The fourth-order valence-electron chi connectivity index (χ4n) is 2.69. The summed E-state index contributed by atoms with van der Waals surface area (Å²) >= 11 is 1.50. The van der Waals surface area contributed by atoms with Crippen LogP contribution in [0.5, 0.6) is 0 Å². The number of carbonyl (C=O) groups is 1. The van der Waals surface area contributed by atoms with Gasteiger partial charge in [-0.15, -0.1) is 11.3 Å². The van der Waals surface area contributed by atoms with E-state index in [1.165, 1.54) is 11.3 Å². The van der Waals surface area contributed by atoms with Crippen LogP contribution in [-0.2, 0) is 9.47 Å². The first-order chi connectivity index (χ1) is 9.35. The van der Waals surface area contributed by atoms with Gasteiger partial charge in [0, 0.05) is 6.42 Å². The van der Waals surface area contributed by atoms with Crippen LogP contribution in [-0.4, -0.2) is 19.0 Å². The number of ketones is 1. The normalized spacial score (nSPS) is 18.4. The van der Waals surface area contributed by atoms with Gasteiger partial charge in [0.2, 0.25) is 0 Å². The Bertz CT molecular complexity index is 453. The molecule has 2 heterocycles. The van der Waals surface area contributed by atoms with Crippen molar-refractivity contribution in [2.75, 3.05) is 13.2 Å². The Morgan fingerprint density at radius 1 is 1.35 bits per heavy atom. The van der Waals surface area contributed by atoms with Gasteiger partial charge < -0.3 is 9.47 Å². The van der Waals surface area contributed by atoms with E-state index in [9.17, 15) is 4.79 Å². The summed E-state index contributed by atoms with van der Waals surface area (Å²) in [5, 5.41) is 0. The molecule has 0 aliphatic carbocycles. The van der Waals surface area contributed by atoms with Crippen molar-refractivity contribution in [2.45, 2.75) is 46.8 Å². The van der Waals surface area contributed by atoms with Gasteiger partial charge in [-0.3, -0.25) is 4.79 Å². The van der Waals surface area contributed by atoms with Crippen molar-refractivity contribution in [1.29, 1.82) is 0 Å². The predicted octanol–water partition coefficient (Wildman–Crippen LogP) is 4.44. The molecule has 0 bridgehead atoms. The molecule has 2 rings (SSSR count). The molecule has 112 valence electrons. The van der Waals surface area contributed by atoms with E-state index >= 15 is 0 Å². The van der Waals surface area contributed by atoms with Crippen molar-refractivity contribution in [3.8, 4) is 0 Å². The SMILES string of the molecule is C[C@H](CC(=O)c1ccc(C2OCCO2)s1)CC(C)(C)C. The molecule has 0 amide bonds. The second-order valence-electron chi connectivity index (χ2n) is 6.77. The summed E-state index contributed by atoms with van der Waals surface area (Å²) in [7, 11) is 0. The number of hydrogen-bond acceptors (Lipinski definition) is 4. The third-order valence-electron chi connectivity index (χ3n) is 3.25. The van der Waals surface area contributed by atoms with Crippen LogP contribution in [0.3, 0.4) is 0 Å². The van der Waals surface area contributed by atoms with Crippen LogP contribution in [0.1, 0.15) is 61.4 Å². The Balaban J connectivity index is 1.92. The molecular formula is C16H24O3S. The molecule has 1 atom stereocenters. The van der Waals surface area contributed by atoms with Crippen molar-refractivity contribution in [3.63, 3.8) is 0 Å². The Labute approximate surface area is 125 Å². The van der Waals surface area contributed by atoms with E-state index in [0.29, 0.717) is 25.6 Å². The highest BCUT2D eigenvalue weighted by Crippen LogP contribution is 2.32. The minimum Gasteiger partial charge on any atom is -0.345 e. The Morgan fingerprint density at radius 3 is 2.60 bits per heavy atom. The lowest BCUT2D eigenvalue weighted by Crippen LogP contribution is -2.14. The molecule has 1 aliphatic heterocycles. The highest BCUT2D eigenvalue weighted by Gasteiger charge is 2.23. The fourth-order valence-corrected chi connectivity index (χ4v) is 3.64. The molecule has 3 nitrogen and oxygen atoms in total. The average molecular weight is 296 g/mol. The first-order valence-corrected chi connectivity index (χ1v) is 8.03. The van der Waals surface area contributed by atoms with E-state index in [4.69, 9.17) is 9.47 Å². The standard InChI is InChI=1S/C16H24O3S/c1-11(10-16(2,3)4)9-12(17)13-5-6-14(20-13)15-18-7-8-19-15/h5-6,11,15H,7-10H2,1-4H3/t11-/m1/s1. The van der Waals surface area contributed by atoms with Gasteiger partial charge >= 0.3 is 0 Å². The third kappa shape index (κ3) is 4.40. The molecule has 0 spiro atoms. The molecule has 0 radical (unpaired) electrons. The number of hydrogen-bond donors (Lipinski definition) is 0. The van der Waals surface area contributed by atoms with Gasteiger partial charge in [-0.25, -0.2) is 0 Å². The maximum Gasteiger partial charge on any atom is 0.193 e. The molecule has 1 aliphatic rings. The first kappa shape index (κ1) is 15.7. The maximum absolute atomic E-state index is 12.3. The van der Waals surface area contributed by atoms with Crippen LogP contribution in [0, 0.1) is 11.3 Å².